The average Bonchev–Trinajstić information content (AvgIpc) is 2.47. The molecule has 5 heteroatoms. The summed E-state index contributed by atoms with van der Waals surface area (Å²) in [5, 5.41) is 0. The Labute approximate surface area is 137 Å². The van der Waals surface area contributed by atoms with E-state index in [1.54, 1.807) is 12.1 Å². The van der Waals surface area contributed by atoms with Gasteiger partial charge in [0.2, 0.25) is 0 Å². The summed E-state index contributed by atoms with van der Waals surface area (Å²) in [6, 6.07) is 1.65. The molecular formula is C18H26N2O3. The molecular weight excluding hydrogens is 292 g/mol. The number of esters is 1. The fraction of sp³-hybridized carbons (Fsp3) is 0.389. The van der Waals surface area contributed by atoms with Gasteiger partial charge < -0.3 is 20.9 Å². The number of hydrogen-bond acceptors (Lipinski definition) is 5. The Kier molecular flexibility index (Phi) is 6.25. The maximum absolute atomic E-state index is 12.1. The molecule has 0 fully saturated rings. The lowest BCUT2D eigenvalue weighted by atomic mass is 9.98. The van der Waals surface area contributed by atoms with Crippen LogP contribution in [0.2, 0.25) is 0 Å². The first-order valence-electron chi connectivity index (χ1n) is 7.43. The van der Waals surface area contributed by atoms with Gasteiger partial charge in [-0.3, -0.25) is 0 Å². The van der Waals surface area contributed by atoms with Crippen molar-refractivity contribution >= 4 is 17.3 Å². The van der Waals surface area contributed by atoms with E-state index in [4.69, 9.17) is 20.9 Å². The topological polar surface area (TPSA) is 87.6 Å². The van der Waals surface area contributed by atoms with Gasteiger partial charge in [0.1, 0.15) is 12.4 Å². The van der Waals surface area contributed by atoms with Crippen LogP contribution < -0.4 is 16.2 Å². The first-order valence-corrected chi connectivity index (χ1v) is 7.43. The zero-order valence-corrected chi connectivity index (χ0v) is 14.1. The van der Waals surface area contributed by atoms with Crippen molar-refractivity contribution < 1.29 is 14.3 Å². The van der Waals surface area contributed by atoms with Crippen LogP contribution in [0.25, 0.3) is 0 Å². The van der Waals surface area contributed by atoms with E-state index in [1.165, 1.54) is 6.08 Å². The van der Waals surface area contributed by atoms with Crippen molar-refractivity contribution in [3.63, 3.8) is 0 Å². The number of ether oxygens (including phenoxy) is 2. The van der Waals surface area contributed by atoms with Gasteiger partial charge in [-0.15, -0.1) is 6.58 Å². The number of nitrogens with two attached hydrogens (primary N) is 2. The van der Waals surface area contributed by atoms with Gasteiger partial charge in [-0.1, -0.05) is 39.5 Å². The lowest BCUT2D eigenvalue weighted by Gasteiger charge is -2.22. The van der Waals surface area contributed by atoms with E-state index in [2.05, 4.69) is 33.9 Å². The van der Waals surface area contributed by atoms with E-state index >= 15 is 0 Å². The summed E-state index contributed by atoms with van der Waals surface area (Å²) < 4.78 is 10.9. The van der Waals surface area contributed by atoms with Crippen molar-refractivity contribution in [1.29, 1.82) is 0 Å². The molecule has 1 aromatic rings. The average molecular weight is 318 g/mol. The largest absolute Gasteiger partial charge is 0.490 e. The molecule has 4 N–H and O–H groups in total. The molecule has 126 valence electrons. The maximum atomic E-state index is 12.1. The van der Waals surface area contributed by atoms with Crippen LogP contribution >= 0.6 is 0 Å². The van der Waals surface area contributed by atoms with Gasteiger partial charge in [0.05, 0.1) is 23.5 Å². The van der Waals surface area contributed by atoms with E-state index in [1.807, 2.05) is 0 Å². The molecule has 0 bridgehead atoms. The van der Waals surface area contributed by atoms with Crippen LogP contribution in [0.15, 0.2) is 31.4 Å². The quantitative estimate of drug-likeness (QED) is 0.457. The van der Waals surface area contributed by atoms with Gasteiger partial charge in [-0.25, -0.2) is 4.79 Å². The van der Waals surface area contributed by atoms with Crippen molar-refractivity contribution in [2.24, 2.45) is 5.41 Å². The molecule has 5 nitrogen and oxygen atoms in total. The van der Waals surface area contributed by atoms with Crippen LogP contribution in [-0.4, -0.2) is 19.2 Å². The molecule has 0 aliphatic heterocycles. The number of hydrogen-bond donors (Lipinski definition) is 2. The normalized spacial score (nSPS) is 10.9. The van der Waals surface area contributed by atoms with Crippen LogP contribution in [-0.2, 0) is 11.2 Å². The summed E-state index contributed by atoms with van der Waals surface area (Å²) in [5.41, 5.74) is 13.5. The zero-order chi connectivity index (χ0) is 17.6. The van der Waals surface area contributed by atoms with E-state index in [9.17, 15) is 4.79 Å². The summed E-state index contributed by atoms with van der Waals surface area (Å²) in [7, 11) is 0. The SMILES string of the molecule is C=CCOC(=O)c1cc(CC=C)c(OCC(C)(C)C)c(N)c1N. The third-order valence-electron chi connectivity index (χ3n) is 3.00. The Hall–Kier alpha value is -2.43. The highest BCUT2D eigenvalue weighted by Crippen LogP contribution is 2.36. The molecule has 0 unspecified atom stereocenters. The monoisotopic (exact) mass is 318 g/mol. The minimum atomic E-state index is -0.540. The number of rotatable bonds is 7. The van der Waals surface area contributed by atoms with Crippen molar-refractivity contribution in [2.45, 2.75) is 27.2 Å². The molecule has 0 saturated heterocycles. The number of carbonyl (C=O) groups excluding carboxylic acids is 1. The second kappa shape index (κ2) is 7.72. The molecule has 0 radical (unpaired) electrons. The van der Waals surface area contributed by atoms with Crippen LogP contribution in [0.1, 0.15) is 36.7 Å². The fourth-order valence-electron chi connectivity index (χ4n) is 1.91. The van der Waals surface area contributed by atoms with Gasteiger partial charge in [0.25, 0.3) is 0 Å². The standard InChI is InChI=1S/C18H26N2O3/c1-6-8-12-10-13(17(21)22-9-7-2)14(19)15(20)16(12)23-11-18(3,4)5/h6-7,10H,1-2,8-9,11,19-20H2,3-5H3. The summed E-state index contributed by atoms with van der Waals surface area (Å²) in [6.45, 7) is 14.0. The van der Waals surface area contributed by atoms with E-state index in [0.29, 0.717) is 18.8 Å². The first kappa shape index (κ1) is 18.6. The van der Waals surface area contributed by atoms with E-state index < -0.39 is 5.97 Å². The third kappa shape index (κ3) is 5.06. The predicted molar refractivity (Wildman–Crippen MR) is 94.6 cm³/mol. The molecule has 0 atom stereocenters. The summed E-state index contributed by atoms with van der Waals surface area (Å²) in [5.74, 6) is -0.0422. The smallest absolute Gasteiger partial charge is 0.340 e. The summed E-state index contributed by atoms with van der Waals surface area (Å²) >= 11 is 0. The van der Waals surface area contributed by atoms with Crippen LogP contribution in [0.3, 0.4) is 0 Å². The van der Waals surface area contributed by atoms with Gasteiger partial charge >= 0.3 is 5.97 Å². The minimum absolute atomic E-state index is 0.0335. The number of benzene rings is 1. The highest BCUT2D eigenvalue weighted by molar-refractivity contribution is 5.99. The van der Waals surface area contributed by atoms with Gasteiger partial charge in [0, 0.05) is 5.56 Å². The predicted octanol–water partition coefficient (Wildman–Crippen LogP) is 3.35. The van der Waals surface area contributed by atoms with Gasteiger partial charge in [0.15, 0.2) is 0 Å². The molecule has 0 aromatic heterocycles. The Morgan fingerprint density at radius 2 is 1.87 bits per heavy atom. The number of carbonyl (C=O) groups is 1. The Morgan fingerprint density at radius 3 is 2.39 bits per heavy atom. The van der Waals surface area contributed by atoms with Crippen LogP contribution in [0.4, 0.5) is 11.4 Å². The second-order valence-electron chi connectivity index (χ2n) is 6.47. The first-order chi connectivity index (χ1) is 10.7. The van der Waals surface area contributed by atoms with E-state index in [0.717, 1.165) is 5.56 Å². The van der Waals surface area contributed by atoms with E-state index in [-0.39, 0.29) is 29.0 Å². The molecule has 0 amide bonds. The lowest BCUT2D eigenvalue weighted by Crippen LogP contribution is -2.19. The molecule has 0 spiro atoms. The van der Waals surface area contributed by atoms with Gasteiger partial charge in [-0.2, -0.15) is 0 Å². The van der Waals surface area contributed by atoms with Gasteiger partial charge in [-0.05, 0) is 17.9 Å². The Morgan fingerprint density at radius 1 is 1.22 bits per heavy atom. The van der Waals surface area contributed by atoms with Crippen molar-refractivity contribution in [1.82, 2.24) is 0 Å². The van der Waals surface area contributed by atoms with Crippen LogP contribution in [0.5, 0.6) is 5.75 Å². The number of nitrogen functional groups attached to an aromatic ring is 2. The minimum Gasteiger partial charge on any atom is -0.490 e. The zero-order valence-electron chi connectivity index (χ0n) is 14.1. The highest BCUT2D eigenvalue weighted by atomic mass is 16.5. The number of allylic oxidation sites excluding steroid dienone is 1. The van der Waals surface area contributed by atoms with Crippen molar-refractivity contribution in [3.05, 3.63) is 42.5 Å². The fourth-order valence-corrected chi connectivity index (χ4v) is 1.91. The van der Waals surface area contributed by atoms with Crippen LogP contribution in [0, 0.1) is 5.41 Å². The molecule has 0 saturated carbocycles. The molecule has 0 heterocycles. The molecule has 0 aliphatic carbocycles. The molecule has 1 rings (SSSR count). The third-order valence-corrected chi connectivity index (χ3v) is 3.00. The maximum Gasteiger partial charge on any atom is 0.340 e. The number of anilines is 2. The molecule has 0 aliphatic rings. The Bertz CT molecular complexity index is 601. The highest BCUT2D eigenvalue weighted by Gasteiger charge is 2.21. The molecule has 1 aromatic carbocycles. The van der Waals surface area contributed by atoms with Crippen molar-refractivity contribution in [3.8, 4) is 5.75 Å². The summed E-state index contributed by atoms with van der Waals surface area (Å²) in [6.07, 6.45) is 3.71. The Balaban J connectivity index is 3.26. The van der Waals surface area contributed by atoms with Crippen molar-refractivity contribution in [2.75, 3.05) is 24.7 Å². The molecule has 23 heavy (non-hydrogen) atoms. The second-order valence-corrected chi connectivity index (χ2v) is 6.47. The summed E-state index contributed by atoms with van der Waals surface area (Å²) in [4.78, 5) is 12.1. The lowest BCUT2D eigenvalue weighted by molar-refractivity contribution is 0.0551.